The molecule has 5 aliphatic heterocycles. The van der Waals surface area contributed by atoms with Gasteiger partial charge in [-0.3, -0.25) is 14.6 Å². The van der Waals surface area contributed by atoms with E-state index in [1.54, 1.807) is 12.1 Å². The van der Waals surface area contributed by atoms with Crippen LogP contribution in [0.3, 0.4) is 0 Å². The lowest BCUT2D eigenvalue weighted by atomic mass is 9.75. The number of amides is 1. The average Bonchev–Trinajstić information content (AvgIpc) is 3.42. The van der Waals surface area contributed by atoms with Gasteiger partial charge in [0.15, 0.2) is 11.5 Å². The van der Waals surface area contributed by atoms with Crippen LogP contribution >= 0.6 is 0 Å². The molecule has 0 saturated carbocycles. The van der Waals surface area contributed by atoms with Crippen molar-refractivity contribution in [3.8, 4) is 11.5 Å². The number of likely N-dealkylation sites (tertiary alicyclic amines) is 1. The molecule has 6 rings (SSSR count). The number of fused-ring (bicyclic) bond motifs is 4. The summed E-state index contributed by atoms with van der Waals surface area (Å²) >= 11 is 0. The molecule has 5 unspecified atom stereocenters. The number of methoxy groups -OCH3 is 1. The van der Waals surface area contributed by atoms with Gasteiger partial charge >= 0.3 is 0 Å². The Hall–Kier alpha value is -1.83. The lowest BCUT2D eigenvalue weighted by Crippen LogP contribution is -2.58. The Bertz CT molecular complexity index is 773. The summed E-state index contributed by atoms with van der Waals surface area (Å²) in [5.41, 5.74) is 0.631. The van der Waals surface area contributed by atoms with E-state index in [0.717, 1.165) is 31.5 Å². The van der Waals surface area contributed by atoms with E-state index in [9.17, 15) is 4.79 Å². The molecule has 1 aromatic rings. The fourth-order valence-corrected chi connectivity index (χ4v) is 5.84. The van der Waals surface area contributed by atoms with Crippen molar-refractivity contribution in [3.63, 3.8) is 0 Å². The summed E-state index contributed by atoms with van der Waals surface area (Å²) in [6.45, 7) is 6.53. The predicted molar refractivity (Wildman–Crippen MR) is 113 cm³/mol. The fraction of sp³-hybridized carbons (Fsp3) is 0.696. The third-order valence-electron chi connectivity index (χ3n) is 7.47. The molecule has 0 aromatic heterocycles. The molecule has 1 N–H and O–H groups in total. The summed E-state index contributed by atoms with van der Waals surface area (Å²) in [6.07, 6.45) is 5.04. The molecule has 1 aromatic carbocycles. The number of rotatable bonds is 7. The zero-order chi connectivity index (χ0) is 20.5. The van der Waals surface area contributed by atoms with Crippen LogP contribution in [0.15, 0.2) is 18.2 Å². The first-order valence-electron chi connectivity index (χ1n) is 11.4. The third kappa shape index (κ3) is 4.03. The molecule has 0 radical (unpaired) electrons. The highest BCUT2D eigenvalue weighted by atomic mass is 16.7. The molecule has 0 spiro atoms. The lowest BCUT2D eigenvalue weighted by Gasteiger charge is -2.51. The maximum absolute atomic E-state index is 12.6. The minimum Gasteiger partial charge on any atom is -0.454 e. The monoisotopic (exact) mass is 415 g/mol. The van der Waals surface area contributed by atoms with E-state index in [4.69, 9.17) is 14.2 Å². The Kier molecular flexibility index (Phi) is 5.85. The number of benzene rings is 1. The maximum Gasteiger partial charge on any atom is 0.251 e. The quantitative estimate of drug-likeness (QED) is 0.735. The number of carbonyl (C=O) groups is 1. The molecule has 2 bridgehead atoms. The molecular weight excluding hydrogens is 382 g/mol. The molecule has 7 nitrogen and oxygen atoms in total. The summed E-state index contributed by atoms with van der Waals surface area (Å²) in [5, 5.41) is 3.15. The van der Waals surface area contributed by atoms with Crippen LogP contribution in [0, 0.1) is 11.8 Å². The van der Waals surface area contributed by atoms with Crippen LogP contribution in [-0.4, -0.2) is 81.0 Å². The van der Waals surface area contributed by atoms with Gasteiger partial charge in [-0.15, -0.1) is 0 Å². The third-order valence-corrected chi connectivity index (χ3v) is 7.47. The van der Waals surface area contributed by atoms with Crippen LogP contribution in [0.4, 0.5) is 0 Å². The van der Waals surface area contributed by atoms with Crippen molar-refractivity contribution in [2.24, 2.45) is 11.8 Å². The van der Waals surface area contributed by atoms with Gasteiger partial charge in [0, 0.05) is 44.4 Å². The van der Waals surface area contributed by atoms with Gasteiger partial charge in [-0.25, -0.2) is 0 Å². The molecule has 5 aliphatic rings. The van der Waals surface area contributed by atoms with Gasteiger partial charge in [-0.05, 0) is 68.8 Å². The second kappa shape index (κ2) is 8.73. The molecule has 5 heterocycles. The Morgan fingerprint density at radius 3 is 2.93 bits per heavy atom. The Balaban J connectivity index is 1.13. The fourth-order valence-electron chi connectivity index (χ4n) is 5.84. The lowest BCUT2D eigenvalue weighted by molar-refractivity contribution is -0.0167. The van der Waals surface area contributed by atoms with Crippen LogP contribution < -0.4 is 14.8 Å². The number of carbonyl (C=O) groups excluding carboxylic acids is 1. The Labute approximate surface area is 178 Å². The van der Waals surface area contributed by atoms with E-state index in [-0.39, 0.29) is 12.7 Å². The van der Waals surface area contributed by atoms with Crippen molar-refractivity contribution in [3.05, 3.63) is 23.8 Å². The summed E-state index contributed by atoms with van der Waals surface area (Å²) in [7, 11) is 1.81. The van der Waals surface area contributed by atoms with Gasteiger partial charge in [0.2, 0.25) is 6.79 Å². The van der Waals surface area contributed by atoms with Gasteiger partial charge in [-0.2, -0.15) is 0 Å². The first-order chi connectivity index (χ1) is 14.7. The minimum atomic E-state index is -0.0352. The summed E-state index contributed by atoms with van der Waals surface area (Å²) < 4.78 is 16.2. The number of hydrogen-bond acceptors (Lipinski definition) is 6. The van der Waals surface area contributed by atoms with E-state index in [1.807, 2.05) is 13.2 Å². The highest BCUT2D eigenvalue weighted by molar-refractivity contribution is 5.94. The highest BCUT2D eigenvalue weighted by Gasteiger charge is 2.41. The molecule has 4 fully saturated rings. The number of hydrogen-bond donors (Lipinski definition) is 1. The predicted octanol–water partition coefficient (Wildman–Crippen LogP) is 1.97. The van der Waals surface area contributed by atoms with Crippen LogP contribution in [0.1, 0.15) is 36.0 Å². The van der Waals surface area contributed by atoms with Crippen molar-refractivity contribution in [2.45, 2.75) is 37.8 Å². The standard InChI is InChI=1S/C23H33N3O4/c1-28-14-19-3-2-7-25(19)12-18-13-26-8-6-16(18)9-20(26)11-24-23(27)17-4-5-21-22(10-17)30-15-29-21/h4-5,10,16,18-20H,2-3,6-9,11-15H2,1H3,(H,24,27). The average molecular weight is 416 g/mol. The largest absolute Gasteiger partial charge is 0.454 e. The van der Waals surface area contributed by atoms with Gasteiger partial charge < -0.3 is 19.5 Å². The van der Waals surface area contributed by atoms with Gasteiger partial charge in [0.1, 0.15) is 0 Å². The topological polar surface area (TPSA) is 63.3 Å². The van der Waals surface area contributed by atoms with Crippen molar-refractivity contribution in [1.82, 2.24) is 15.1 Å². The van der Waals surface area contributed by atoms with E-state index in [0.29, 0.717) is 35.7 Å². The van der Waals surface area contributed by atoms with E-state index in [2.05, 4.69) is 15.1 Å². The molecular formula is C23H33N3O4. The molecule has 30 heavy (non-hydrogen) atoms. The Morgan fingerprint density at radius 1 is 1.20 bits per heavy atom. The van der Waals surface area contributed by atoms with Crippen LogP contribution in [0.25, 0.3) is 0 Å². The van der Waals surface area contributed by atoms with Crippen molar-refractivity contribution < 1.29 is 19.0 Å². The second-order valence-corrected chi connectivity index (χ2v) is 9.22. The highest BCUT2D eigenvalue weighted by Crippen LogP contribution is 2.37. The zero-order valence-corrected chi connectivity index (χ0v) is 17.8. The van der Waals surface area contributed by atoms with E-state index in [1.165, 1.54) is 38.8 Å². The molecule has 7 heteroatoms. The Morgan fingerprint density at radius 2 is 2.10 bits per heavy atom. The number of piperidine rings is 3. The summed E-state index contributed by atoms with van der Waals surface area (Å²) in [6, 6.07) is 6.43. The molecule has 1 amide bonds. The molecule has 5 atom stereocenters. The van der Waals surface area contributed by atoms with Crippen molar-refractivity contribution in [2.75, 3.05) is 53.2 Å². The first-order valence-corrected chi connectivity index (χ1v) is 11.4. The van der Waals surface area contributed by atoms with E-state index < -0.39 is 0 Å². The maximum atomic E-state index is 12.6. The molecule has 0 aliphatic carbocycles. The van der Waals surface area contributed by atoms with Gasteiger partial charge in [0.05, 0.1) is 6.61 Å². The minimum absolute atomic E-state index is 0.0352. The van der Waals surface area contributed by atoms with Crippen molar-refractivity contribution in [1.29, 1.82) is 0 Å². The smallest absolute Gasteiger partial charge is 0.251 e. The number of ether oxygens (including phenoxy) is 3. The normalized spacial score (nSPS) is 32.5. The van der Waals surface area contributed by atoms with E-state index >= 15 is 0 Å². The van der Waals surface area contributed by atoms with Crippen LogP contribution in [0.5, 0.6) is 11.5 Å². The molecule has 4 saturated heterocycles. The van der Waals surface area contributed by atoms with Crippen LogP contribution in [0.2, 0.25) is 0 Å². The SMILES string of the molecule is COCC1CCCN1CC1CN2CCC1CC2CNC(=O)c1ccc2c(c1)OCO2. The number of nitrogens with one attached hydrogen (secondary N) is 1. The summed E-state index contributed by atoms with van der Waals surface area (Å²) in [4.78, 5) is 17.9. The van der Waals surface area contributed by atoms with Gasteiger partial charge in [-0.1, -0.05) is 0 Å². The molecule has 164 valence electrons. The number of nitrogens with zero attached hydrogens (tertiary/aromatic N) is 2. The second-order valence-electron chi connectivity index (χ2n) is 9.22. The summed E-state index contributed by atoms with van der Waals surface area (Å²) in [5.74, 6) is 2.84. The zero-order valence-electron chi connectivity index (χ0n) is 17.8. The van der Waals surface area contributed by atoms with Crippen LogP contribution in [-0.2, 0) is 4.74 Å². The van der Waals surface area contributed by atoms with Gasteiger partial charge in [0.25, 0.3) is 5.91 Å². The van der Waals surface area contributed by atoms with Crippen molar-refractivity contribution >= 4 is 5.91 Å². The first kappa shape index (κ1) is 20.1.